The summed E-state index contributed by atoms with van der Waals surface area (Å²) in [6.45, 7) is 5.86. The fourth-order valence-corrected chi connectivity index (χ4v) is 7.33. The monoisotopic (exact) mass is 348 g/mol. The van der Waals surface area contributed by atoms with Crippen LogP contribution in [0.3, 0.4) is 0 Å². The quantitative estimate of drug-likeness (QED) is 0.637. The minimum Gasteiger partial charge on any atom is -0.393 e. The van der Waals surface area contributed by atoms with Gasteiger partial charge in [-0.15, -0.1) is 0 Å². The summed E-state index contributed by atoms with van der Waals surface area (Å²) in [5.41, 5.74) is -1.82. The topological polar surface area (TPSA) is 77.8 Å². The molecule has 0 aliphatic heterocycles. The molecular weight excluding hydrogens is 316 g/mol. The van der Waals surface area contributed by atoms with E-state index < -0.39 is 16.6 Å². The van der Waals surface area contributed by atoms with Gasteiger partial charge in [0.1, 0.15) is 11.4 Å². The maximum Gasteiger partial charge on any atom is 0.133 e. The average molecular weight is 348 g/mol. The molecule has 0 aromatic rings. The van der Waals surface area contributed by atoms with Crippen molar-refractivity contribution in [1.82, 2.24) is 0 Å². The lowest BCUT2D eigenvalue weighted by atomic mass is 9.43. The summed E-state index contributed by atoms with van der Waals surface area (Å²) in [5.74, 6) is -0.0235. The predicted octanol–water partition coefficient (Wildman–Crippen LogP) is 2.75. The fourth-order valence-electron chi connectivity index (χ4n) is 7.33. The van der Waals surface area contributed by atoms with Crippen LogP contribution in [0.15, 0.2) is 11.6 Å². The van der Waals surface area contributed by atoms with Crippen molar-refractivity contribution in [3.63, 3.8) is 0 Å². The van der Waals surface area contributed by atoms with Gasteiger partial charge in [-0.05, 0) is 69.6 Å². The van der Waals surface area contributed by atoms with Crippen molar-refractivity contribution in [2.24, 2.45) is 22.7 Å². The number of ketones is 1. The minimum atomic E-state index is -1.21. The summed E-state index contributed by atoms with van der Waals surface area (Å²) in [6, 6.07) is 0. The summed E-state index contributed by atoms with van der Waals surface area (Å²) in [4.78, 5) is 12.2. The number of hydrogen-bond donors (Lipinski definition) is 3. The number of rotatable bonds is 1. The summed E-state index contributed by atoms with van der Waals surface area (Å²) in [7, 11) is 0. The van der Waals surface area contributed by atoms with Gasteiger partial charge in [0.25, 0.3) is 0 Å². The second-order valence-electron chi connectivity index (χ2n) is 9.74. The Morgan fingerprint density at radius 1 is 1.12 bits per heavy atom. The fraction of sp³-hybridized carbons (Fsp3) is 0.857. The van der Waals surface area contributed by atoms with E-state index in [-0.39, 0.29) is 29.1 Å². The van der Waals surface area contributed by atoms with E-state index in [9.17, 15) is 20.1 Å². The maximum atomic E-state index is 12.2. The molecule has 3 saturated carbocycles. The number of carbonyl (C=O) groups excluding carboxylic acids is 1. The molecular formula is C21H32O4. The molecule has 4 heteroatoms. The SMILES string of the molecule is CC(=O)[C@@H]1CC[C@]2(O)[C@@]3(O)CC=C4C[C@@H](O)CC[C@]4(C)[C@@H]3CC[C@]12C. The molecule has 140 valence electrons. The van der Waals surface area contributed by atoms with Gasteiger partial charge in [-0.2, -0.15) is 0 Å². The van der Waals surface area contributed by atoms with Gasteiger partial charge in [0.05, 0.1) is 11.7 Å². The zero-order valence-corrected chi connectivity index (χ0v) is 15.7. The van der Waals surface area contributed by atoms with Gasteiger partial charge < -0.3 is 15.3 Å². The highest BCUT2D eigenvalue weighted by atomic mass is 16.4. The van der Waals surface area contributed by atoms with Crippen molar-refractivity contribution in [3.05, 3.63) is 11.6 Å². The Kier molecular flexibility index (Phi) is 3.66. The van der Waals surface area contributed by atoms with Crippen LogP contribution in [0.4, 0.5) is 0 Å². The third-order valence-corrected chi connectivity index (χ3v) is 8.86. The molecule has 0 aromatic heterocycles. The van der Waals surface area contributed by atoms with Crippen LogP contribution >= 0.6 is 0 Å². The van der Waals surface area contributed by atoms with Gasteiger partial charge in [-0.3, -0.25) is 4.79 Å². The first-order valence-corrected chi connectivity index (χ1v) is 9.91. The molecule has 3 N–H and O–H groups in total. The number of Topliss-reactive ketones (excluding diaryl/α,β-unsaturated/α-hetero) is 1. The predicted molar refractivity (Wildman–Crippen MR) is 94.8 cm³/mol. The molecule has 0 heterocycles. The highest BCUT2D eigenvalue weighted by Gasteiger charge is 2.73. The molecule has 0 radical (unpaired) electrons. The maximum absolute atomic E-state index is 12.2. The molecule has 0 saturated heterocycles. The Morgan fingerprint density at radius 2 is 1.84 bits per heavy atom. The van der Waals surface area contributed by atoms with Crippen LogP contribution in [0.25, 0.3) is 0 Å². The number of carbonyl (C=O) groups is 1. The number of aliphatic hydroxyl groups is 3. The van der Waals surface area contributed by atoms with Crippen LogP contribution in [0.2, 0.25) is 0 Å². The molecule has 0 aromatic carbocycles. The number of aliphatic hydroxyl groups excluding tert-OH is 1. The number of fused-ring (bicyclic) bond motifs is 5. The van der Waals surface area contributed by atoms with Gasteiger partial charge in [0.2, 0.25) is 0 Å². The largest absolute Gasteiger partial charge is 0.393 e. The Morgan fingerprint density at radius 3 is 2.52 bits per heavy atom. The first-order valence-electron chi connectivity index (χ1n) is 9.91. The summed E-state index contributed by atoms with van der Waals surface area (Å²) in [5, 5.41) is 33.8. The molecule has 0 unspecified atom stereocenters. The molecule has 4 rings (SSSR count). The van der Waals surface area contributed by atoms with E-state index in [1.54, 1.807) is 6.92 Å². The first-order chi connectivity index (χ1) is 11.6. The molecule has 7 atom stereocenters. The van der Waals surface area contributed by atoms with Gasteiger partial charge in [-0.25, -0.2) is 0 Å². The molecule has 0 spiro atoms. The third kappa shape index (κ3) is 1.97. The molecule has 4 aliphatic rings. The van der Waals surface area contributed by atoms with Crippen molar-refractivity contribution in [3.8, 4) is 0 Å². The van der Waals surface area contributed by atoms with E-state index in [4.69, 9.17) is 0 Å². The van der Waals surface area contributed by atoms with Gasteiger partial charge in [0.15, 0.2) is 0 Å². The van der Waals surface area contributed by atoms with Crippen LogP contribution in [0, 0.1) is 22.7 Å². The first kappa shape index (κ1) is 17.7. The van der Waals surface area contributed by atoms with E-state index in [0.717, 1.165) is 25.7 Å². The Bertz CT molecular complexity index is 642. The zero-order valence-electron chi connectivity index (χ0n) is 15.7. The van der Waals surface area contributed by atoms with Crippen molar-refractivity contribution >= 4 is 5.78 Å². The van der Waals surface area contributed by atoms with Crippen LogP contribution in [0.1, 0.15) is 72.1 Å². The van der Waals surface area contributed by atoms with Crippen LogP contribution < -0.4 is 0 Å². The zero-order chi connectivity index (χ0) is 18.3. The Labute approximate surface area is 150 Å². The second-order valence-corrected chi connectivity index (χ2v) is 9.74. The van der Waals surface area contributed by atoms with E-state index in [0.29, 0.717) is 25.7 Å². The van der Waals surface area contributed by atoms with E-state index >= 15 is 0 Å². The van der Waals surface area contributed by atoms with Crippen molar-refractivity contribution < 1.29 is 20.1 Å². The van der Waals surface area contributed by atoms with Crippen molar-refractivity contribution in [2.75, 3.05) is 0 Å². The van der Waals surface area contributed by atoms with Crippen molar-refractivity contribution in [1.29, 1.82) is 0 Å². The molecule has 25 heavy (non-hydrogen) atoms. The molecule has 3 fully saturated rings. The summed E-state index contributed by atoms with van der Waals surface area (Å²) < 4.78 is 0. The lowest BCUT2D eigenvalue weighted by molar-refractivity contribution is -0.271. The van der Waals surface area contributed by atoms with Crippen LogP contribution in [0.5, 0.6) is 0 Å². The highest BCUT2D eigenvalue weighted by molar-refractivity contribution is 5.80. The second kappa shape index (κ2) is 5.17. The van der Waals surface area contributed by atoms with Gasteiger partial charge in [0, 0.05) is 11.3 Å². The smallest absolute Gasteiger partial charge is 0.133 e. The van der Waals surface area contributed by atoms with E-state index in [2.05, 4.69) is 13.0 Å². The molecule has 0 amide bonds. The Balaban J connectivity index is 1.79. The van der Waals surface area contributed by atoms with Gasteiger partial charge >= 0.3 is 0 Å². The molecule has 0 bridgehead atoms. The normalized spacial score (nSPS) is 55.0. The lowest BCUT2D eigenvalue weighted by Crippen LogP contribution is -2.71. The Hall–Kier alpha value is -0.710. The summed E-state index contributed by atoms with van der Waals surface area (Å²) >= 11 is 0. The minimum absolute atomic E-state index is 0.00344. The standard InChI is InChI=1S/C21H32O4/c1-13(22)16-6-11-21(25)19(16,3)9-7-17-18(2)8-5-15(23)12-14(18)4-10-20(17,21)24/h4,15-17,23-25H,5-12H2,1-3H3/t15-,16-,17-,18-,19+,20+,21+/m0/s1. The van der Waals surface area contributed by atoms with E-state index in [1.165, 1.54) is 5.57 Å². The van der Waals surface area contributed by atoms with Crippen LogP contribution in [-0.4, -0.2) is 38.4 Å². The average Bonchev–Trinajstić information content (AvgIpc) is 2.82. The third-order valence-electron chi connectivity index (χ3n) is 8.86. The number of hydrogen-bond acceptors (Lipinski definition) is 4. The summed E-state index contributed by atoms with van der Waals surface area (Å²) in [6.07, 6.45) is 7.34. The van der Waals surface area contributed by atoms with Gasteiger partial charge in [-0.1, -0.05) is 25.5 Å². The lowest BCUT2D eigenvalue weighted by Gasteiger charge is -2.65. The molecule has 4 nitrogen and oxygen atoms in total. The molecule has 4 aliphatic carbocycles. The van der Waals surface area contributed by atoms with Crippen LogP contribution in [-0.2, 0) is 4.79 Å². The highest BCUT2D eigenvalue weighted by Crippen LogP contribution is 2.69. The van der Waals surface area contributed by atoms with E-state index in [1.807, 2.05) is 6.92 Å². The van der Waals surface area contributed by atoms with Crippen molar-refractivity contribution in [2.45, 2.75) is 89.4 Å².